The van der Waals surface area contributed by atoms with Gasteiger partial charge in [-0.15, -0.1) is 0 Å². The molecule has 0 aliphatic carbocycles. The molecule has 0 fully saturated rings. The molecular formula is C12H14BrF2NOS. The molecule has 6 heteroatoms. The van der Waals surface area contributed by atoms with Crippen molar-refractivity contribution in [2.24, 2.45) is 4.40 Å². The van der Waals surface area contributed by atoms with Crippen molar-refractivity contribution < 1.29 is 13.3 Å². The number of halogens is 3. The third kappa shape index (κ3) is 4.03. The van der Waals surface area contributed by atoms with Crippen LogP contribution in [0.3, 0.4) is 0 Å². The second-order valence-corrected chi connectivity index (χ2v) is 7.48. The second kappa shape index (κ2) is 6.12. The zero-order chi connectivity index (χ0) is 13.9. The number of hydrogen-bond donors (Lipinski definition) is 0. The third-order valence-electron chi connectivity index (χ3n) is 2.08. The van der Waals surface area contributed by atoms with Crippen LogP contribution in [0.2, 0.25) is 0 Å². The van der Waals surface area contributed by atoms with E-state index in [1.54, 1.807) is 20.8 Å². The molecule has 0 unspecified atom stereocenters. The zero-order valence-electron chi connectivity index (χ0n) is 10.3. The smallest absolute Gasteiger partial charge is 0.144 e. The summed E-state index contributed by atoms with van der Waals surface area (Å²) in [6, 6.07) is 4.15. The summed E-state index contributed by atoms with van der Waals surface area (Å²) in [7, 11) is 0. The first kappa shape index (κ1) is 15.6. The fraction of sp³-hybridized carbons (Fsp3) is 0.417. The first-order valence-corrected chi connectivity index (χ1v) is 7.16. The van der Waals surface area contributed by atoms with Crippen molar-refractivity contribution in [3.8, 4) is 0 Å². The number of alkyl halides is 1. The van der Waals surface area contributed by atoms with Crippen molar-refractivity contribution in [2.75, 3.05) is 6.67 Å². The van der Waals surface area contributed by atoms with Gasteiger partial charge in [-0.3, -0.25) is 0 Å². The maximum atomic E-state index is 13.6. The summed E-state index contributed by atoms with van der Waals surface area (Å²) in [6.07, 6.45) is 0. The van der Waals surface area contributed by atoms with Gasteiger partial charge in [0.2, 0.25) is 0 Å². The summed E-state index contributed by atoms with van der Waals surface area (Å²) >= 11 is 1.56. The Hall–Kier alpha value is -0.460. The molecule has 0 saturated heterocycles. The highest BCUT2D eigenvalue weighted by atomic mass is 79.9. The lowest BCUT2D eigenvalue weighted by molar-refractivity contribution is 0.557. The van der Waals surface area contributed by atoms with Crippen molar-refractivity contribution in [2.45, 2.75) is 25.5 Å². The quantitative estimate of drug-likeness (QED) is 0.610. The number of hydrogen-bond acceptors (Lipinski definition) is 2. The Bertz CT molecular complexity index is 460. The Labute approximate surface area is 117 Å². The van der Waals surface area contributed by atoms with Gasteiger partial charge in [-0.25, -0.2) is 8.78 Å². The van der Waals surface area contributed by atoms with Gasteiger partial charge in [-0.1, -0.05) is 20.3 Å². The summed E-state index contributed by atoms with van der Waals surface area (Å²) in [4.78, 5) is 0. The average molecular weight is 338 g/mol. The lowest BCUT2D eigenvalue weighted by atomic mass is 10.1. The lowest BCUT2D eigenvalue weighted by Gasteiger charge is -2.19. The minimum Gasteiger partial charge on any atom is -0.591 e. The van der Waals surface area contributed by atoms with E-state index in [9.17, 15) is 13.3 Å². The van der Waals surface area contributed by atoms with Gasteiger partial charge in [0.1, 0.15) is 34.3 Å². The van der Waals surface area contributed by atoms with Gasteiger partial charge < -0.3 is 4.55 Å². The van der Waals surface area contributed by atoms with E-state index in [1.807, 2.05) is 0 Å². The molecule has 100 valence electrons. The predicted octanol–water partition coefficient (Wildman–Crippen LogP) is 3.81. The molecule has 18 heavy (non-hydrogen) atoms. The molecule has 1 aromatic rings. The van der Waals surface area contributed by atoms with Crippen molar-refractivity contribution in [1.29, 1.82) is 0 Å². The summed E-state index contributed by atoms with van der Waals surface area (Å²) in [6.45, 7) is 4.20. The van der Waals surface area contributed by atoms with Crippen molar-refractivity contribution >= 4 is 33.0 Å². The Morgan fingerprint density at radius 2 is 2.06 bits per heavy atom. The largest absolute Gasteiger partial charge is 0.591 e. The van der Waals surface area contributed by atoms with E-state index in [1.165, 1.54) is 18.2 Å². The van der Waals surface area contributed by atoms with Crippen LogP contribution >= 0.6 is 15.9 Å². The van der Waals surface area contributed by atoms with Crippen LogP contribution in [0.25, 0.3) is 0 Å². The van der Waals surface area contributed by atoms with E-state index in [2.05, 4.69) is 20.3 Å². The molecule has 0 heterocycles. The van der Waals surface area contributed by atoms with Gasteiger partial charge in [0.25, 0.3) is 0 Å². The molecule has 2 nitrogen and oxygen atoms in total. The first-order valence-electron chi connectivity index (χ1n) is 5.26. The first-order chi connectivity index (χ1) is 8.25. The molecule has 0 aromatic heterocycles. The van der Waals surface area contributed by atoms with Crippen LogP contribution in [0.4, 0.5) is 8.78 Å². The molecule has 0 saturated carbocycles. The van der Waals surface area contributed by atoms with Gasteiger partial charge in [0.15, 0.2) is 0 Å². The van der Waals surface area contributed by atoms with Gasteiger partial charge in [0, 0.05) is 10.0 Å². The topological polar surface area (TPSA) is 35.4 Å². The highest BCUT2D eigenvalue weighted by molar-refractivity contribution is 9.10. The monoisotopic (exact) mass is 337 g/mol. The van der Waals surface area contributed by atoms with Crippen molar-refractivity contribution in [1.82, 2.24) is 0 Å². The van der Waals surface area contributed by atoms with E-state index in [0.29, 0.717) is 4.47 Å². The van der Waals surface area contributed by atoms with Crippen LogP contribution in [0.5, 0.6) is 0 Å². The molecule has 0 aliphatic heterocycles. The van der Waals surface area contributed by atoms with Crippen molar-refractivity contribution in [3.63, 3.8) is 0 Å². The van der Waals surface area contributed by atoms with Crippen LogP contribution in [0, 0.1) is 5.82 Å². The van der Waals surface area contributed by atoms with Crippen LogP contribution in [0.1, 0.15) is 26.3 Å². The second-order valence-electron chi connectivity index (χ2n) is 4.66. The summed E-state index contributed by atoms with van der Waals surface area (Å²) in [5.41, 5.74) is -0.105. The minimum absolute atomic E-state index is 0.0319. The van der Waals surface area contributed by atoms with E-state index in [0.717, 1.165) is 0 Å². The fourth-order valence-corrected chi connectivity index (χ4v) is 2.08. The number of rotatable bonds is 3. The van der Waals surface area contributed by atoms with Gasteiger partial charge in [-0.2, -0.15) is 0 Å². The molecular weight excluding hydrogens is 324 g/mol. The van der Waals surface area contributed by atoms with Crippen LogP contribution in [-0.4, -0.2) is 21.7 Å². The number of benzene rings is 1. The predicted molar refractivity (Wildman–Crippen MR) is 74.5 cm³/mol. The Morgan fingerprint density at radius 3 is 2.56 bits per heavy atom. The molecule has 0 spiro atoms. The fourth-order valence-electron chi connectivity index (χ4n) is 1.10. The normalized spacial score (nSPS) is 14.7. The molecule has 0 radical (unpaired) electrons. The maximum Gasteiger partial charge on any atom is 0.144 e. The molecule has 1 atom stereocenters. The third-order valence-corrected chi connectivity index (χ3v) is 4.01. The van der Waals surface area contributed by atoms with Crippen LogP contribution in [0.15, 0.2) is 27.1 Å². The summed E-state index contributed by atoms with van der Waals surface area (Å²) < 4.78 is 42.2. The van der Waals surface area contributed by atoms with Gasteiger partial charge in [0.05, 0.1) is 0 Å². The number of nitrogens with zero attached hydrogens (tertiary/aromatic N) is 1. The molecule has 0 bridgehead atoms. The van der Waals surface area contributed by atoms with Gasteiger partial charge >= 0.3 is 0 Å². The highest BCUT2D eigenvalue weighted by Crippen LogP contribution is 2.21. The van der Waals surface area contributed by atoms with Crippen LogP contribution < -0.4 is 0 Å². The van der Waals surface area contributed by atoms with Gasteiger partial charge in [-0.05, 0) is 39.0 Å². The summed E-state index contributed by atoms with van der Waals surface area (Å²) in [5.74, 6) is -0.583. The average Bonchev–Trinajstić information content (AvgIpc) is 2.28. The zero-order valence-corrected chi connectivity index (χ0v) is 12.7. The molecule has 0 N–H and O–H groups in total. The van der Waals surface area contributed by atoms with E-state index < -0.39 is 28.6 Å². The minimum atomic E-state index is -1.62. The van der Waals surface area contributed by atoms with Crippen molar-refractivity contribution in [3.05, 3.63) is 34.1 Å². The lowest BCUT2D eigenvalue weighted by Crippen LogP contribution is -2.27. The van der Waals surface area contributed by atoms with Crippen LogP contribution in [-0.2, 0) is 11.4 Å². The van der Waals surface area contributed by atoms with E-state index >= 15 is 0 Å². The molecule has 1 aromatic carbocycles. The molecule has 0 amide bonds. The molecule has 0 aliphatic rings. The Morgan fingerprint density at radius 1 is 1.44 bits per heavy atom. The Kier molecular flexibility index (Phi) is 5.31. The Balaban J connectivity index is 3.17. The SMILES string of the molecule is CC(C)(C)[S@@+]([O-])N=C(CF)c1cc(Br)ccc1F. The molecule has 1 rings (SSSR count). The highest BCUT2D eigenvalue weighted by Gasteiger charge is 2.28. The maximum absolute atomic E-state index is 13.6. The standard InChI is InChI=1S/C12H14BrF2NOS/c1-12(2,3)18(17)16-11(7-14)9-6-8(13)4-5-10(9)15/h4-6H,7H2,1-3H3/t18-/m1/s1. The van der Waals surface area contributed by atoms with E-state index in [-0.39, 0.29) is 11.3 Å². The van der Waals surface area contributed by atoms with E-state index in [4.69, 9.17) is 0 Å². The summed E-state index contributed by atoms with van der Waals surface area (Å²) in [5, 5.41) is 0.